The van der Waals surface area contributed by atoms with Gasteiger partial charge in [0.15, 0.2) is 6.61 Å². The second-order valence-corrected chi connectivity index (χ2v) is 3.17. The minimum Gasteiger partial charge on any atom is -0.484 e. The van der Waals surface area contributed by atoms with Gasteiger partial charge in [0.25, 0.3) is 5.91 Å². The van der Waals surface area contributed by atoms with Gasteiger partial charge in [0.05, 0.1) is 0 Å². The molecule has 0 spiro atoms. The van der Waals surface area contributed by atoms with Crippen molar-refractivity contribution in [3.8, 4) is 5.75 Å². The van der Waals surface area contributed by atoms with E-state index in [9.17, 15) is 9.59 Å². The maximum absolute atomic E-state index is 11.2. The molecule has 0 saturated carbocycles. The van der Waals surface area contributed by atoms with Crippen molar-refractivity contribution >= 4 is 11.8 Å². The van der Waals surface area contributed by atoms with E-state index in [-0.39, 0.29) is 25.5 Å². The summed E-state index contributed by atoms with van der Waals surface area (Å²) in [5, 5.41) is 2.52. The van der Waals surface area contributed by atoms with E-state index in [4.69, 9.17) is 10.5 Å². The number of nitrogens with two attached hydrogens (primary N) is 1. The highest BCUT2D eigenvalue weighted by molar-refractivity contribution is 5.79. The Bertz CT molecular complexity index is 352. The molecule has 5 heteroatoms. The van der Waals surface area contributed by atoms with Crippen molar-refractivity contribution in [3.05, 3.63) is 30.3 Å². The van der Waals surface area contributed by atoms with E-state index in [2.05, 4.69) is 5.32 Å². The van der Waals surface area contributed by atoms with Crippen LogP contribution in [0.3, 0.4) is 0 Å². The van der Waals surface area contributed by atoms with Gasteiger partial charge in [-0.15, -0.1) is 0 Å². The van der Waals surface area contributed by atoms with Crippen molar-refractivity contribution in [2.45, 2.75) is 6.42 Å². The third-order valence-corrected chi connectivity index (χ3v) is 1.81. The molecule has 0 aromatic heterocycles. The zero-order valence-corrected chi connectivity index (χ0v) is 8.81. The summed E-state index contributed by atoms with van der Waals surface area (Å²) in [6, 6.07) is 9.02. The Kier molecular flexibility index (Phi) is 4.85. The molecule has 1 aromatic rings. The van der Waals surface area contributed by atoms with Gasteiger partial charge >= 0.3 is 0 Å². The molecule has 1 aromatic carbocycles. The molecule has 0 aliphatic carbocycles. The molecule has 16 heavy (non-hydrogen) atoms. The van der Waals surface area contributed by atoms with E-state index in [0.717, 1.165) is 0 Å². The van der Waals surface area contributed by atoms with Crippen LogP contribution in [0.4, 0.5) is 0 Å². The molecule has 3 N–H and O–H groups in total. The van der Waals surface area contributed by atoms with Gasteiger partial charge < -0.3 is 15.8 Å². The normalized spacial score (nSPS) is 9.50. The van der Waals surface area contributed by atoms with Crippen molar-refractivity contribution < 1.29 is 14.3 Å². The predicted molar refractivity (Wildman–Crippen MR) is 58.8 cm³/mol. The molecule has 0 heterocycles. The number of nitrogens with one attached hydrogen (secondary N) is 1. The Balaban J connectivity index is 2.18. The van der Waals surface area contributed by atoms with E-state index in [1.807, 2.05) is 18.2 Å². The maximum Gasteiger partial charge on any atom is 0.257 e. The lowest BCUT2D eigenvalue weighted by molar-refractivity contribution is -0.123. The second-order valence-electron chi connectivity index (χ2n) is 3.17. The lowest BCUT2D eigenvalue weighted by Crippen LogP contribution is -2.31. The number of carbonyl (C=O) groups excluding carboxylic acids is 2. The van der Waals surface area contributed by atoms with Gasteiger partial charge in [-0.2, -0.15) is 0 Å². The predicted octanol–water partition coefficient (Wildman–Crippen LogP) is 0.0570. The maximum atomic E-state index is 11.2. The molecular formula is C11H14N2O3. The van der Waals surface area contributed by atoms with Crippen LogP contribution >= 0.6 is 0 Å². The monoisotopic (exact) mass is 222 g/mol. The standard InChI is InChI=1S/C11H14N2O3/c12-10(14)6-7-13-11(15)8-16-9-4-2-1-3-5-9/h1-5H,6-8H2,(H2,12,14)(H,13,15). The fourth-order valence-corrected chi connectivity index (χ4v) is 1.04. The largest absolute Gasteiger partial charge is 0.484 e. The molecule has 86 valence electrons. The number of primary amides is 1. The average molecular weight is 222 g/mol. The van der Waals surface area contributed by atoms with Crippen LogP contribution in [0.2, 0.25) is 0 Å². The molecule has 0 aliphatic heterocycles. The summed E-state index contributed by atoms with van der Waals surface area (Å²) in [6.07, 6.45) is 0.136. The van der Waals surface area contributed by atoms with Gasteiger partial charge in [-0.3, -0.25) is 9.59 Å². The van der Waals surface area contributed by atoms with Gasteiger partial charge in [0.2, 0.25) is 5.91 Å². The topological polar surface area (TPSA) is 81.4 Å². The lowest BCUT2D eigenvalue weighted by atomic mass is 10.3. The molecular weight excluding hydrogens is 208 g/mol. The van der Waals surface area contributed by atoms with Crippen molar-refractivity contribution in [2.24, 2.45) is 5.73 Å². The van der Waals surface area contributed by atoms with Crippen LogP contribution in [0, 0.1) is 0 Å². The zero-order valence-electron chi connectivity index (χ0n) is 8.81. The van der Waals surface area contributed by atoms with Crippen LogP contribution in [0.1, 0.15) is 6.42 Å². The number of hydrogen-bond acceptors (Lipinski definition) is 3. The molecule has 0 fully saturated rings. The smallest absolute Gasteiger partial charge is 0.257 e. The highest BCUT2D eigenvalue weighted by Crippen LogP contribution is 2.07. The second kappa shape index (κ2) is 6.44. The first kappa shape index (κ1) is 12.0. The highest BCUT2D eigenvalue weighted by atomic mass is 16.5. The average Bonchev–Trinajstić information content (AvgIpc) is 2.27. The molecule has 2 amide bonds. The van der Waals surface area contributed by atoms with Gasteiger partial charge in [0.1, 0.15) is 5.75 Å². The zero-order chi connectivity index (χ0) is 11.8. The fourth-order valence-electron chi connectivity index (χ4n) is 1.04. The third kappa shape index (κ3) is 4.99. The van der Waals surface area contributed by atoms with E-state index in [1.165, 1.54) is 0 Å². The quantitative estimate of drug-likeness (QED) is 0.714. The SMILES string of the molecule is NC(=O)CCNC(=O)COc1ccccc1. The summed E-state index contributed by atoms with van der Waals surface area (Å²) in [7, 11) is 0. The van der Waals surface area contributed by atoms with Gasteiger partial charge in [-0.1, -0.05) is 18.2 Å². The molecule has 1 rings (SSSR count). The van der Waals surface area contributed by atoms with Crippen LogP contribution in [0.25, 0.3) is 0 Å². The summed E-state index contributed by atoms with van der Waals surface area (Å²) < 4.78 is 5.20. The van der Waals surface area contributed by atoms with Crippen LogP contribution in [-0.4, -0.2) is 25.0 Å². The Morgan fingerprint density at radius 3 is 2.56 bits per heavy atom. The summed E-state index contributed by atoms with van der Waals surface area (Å²) in [5.74, 6) is -0.0815. The van der Waals surface area contributed by atoms with Gasteiger partial charge in [-0.05, 0) is 12.1 Å². The Hall–Kier alpha value is -2.04. The first-order valence-electron chi connectivity index (χ1n) is 4.91. The number of amides is 2. The molecule has 5 nitrogen and oxygen atoms in total. The van der Waals surface area contributed by atoms with Crippen LogP contribution in [0.5, 0.6) is 5.75 Å². The Morgan fingerprint density at radius 1 is 1.25 bits per heavy atom. The van der Waals surface area contributed by atoms with Crippen LogP contribution < -0.4 is 15.8 Å². The molecule has 0 saturated heterocycles. The van der Waals surface area contributed by atoms with Crippen molar-refractivity contribution in [3.63, 3.8) is 0 Å². The van der Waals surface area contributed by atoms with E-state index in [1.54, 1.807) is 12.1 Å². The number of hydrogen-bond donors (Lipinski definition) is 2. The Labute approximate surface area is 93.6 Å². The fraction of sp³-hybridized carbons (Fsp3) is 0.273. The third-order valence-electron chi connectivity index (χ3n) is 1.81. The minimum atomic E-state index is -0.440. The van der Waals surface area contributed by atoms with Gasteiger partial charge in [-0.25, -0.2) is 0 Å². The molecule has 0 aliphatic rings. The number of rotatable bonds is 6. The van der Waals surface area contributed by atoms with E-state index < -0.39 is 5.91 Å². The number of ether oxygens (including phenoxy) is 1. The van der Waals surface area contributed by atoms with Crippen molar-refractivity contribution in [1.82, 2.24) is 5.32 Å². The summed E-state index contributed by atoms with van der Waals surface area (Å²) in [6.45, 7) is 0.176. The summed E-state index contributed by atoms with van der Waals surface area (Å²) in [4.78, 5) is 21.6. The first-order chi connectivity index (χ1) is 7.68. The summed E-state index contributed by atoms with van der Waals surface area (Å²) in [5.41, 5.74) is 4.92. The van der Waals surface area contributed by atoms with Crippen LogP contribution in [0.15, 0.2) is 30.3 Å². The van der Waals surface area contributed by atoms with Crippen molar-refractivity contribution in [1.29, 1.82) is 0 Å². The Morgan fingerprint density at radius 2 is 1.94 bits per heavy atom. The minimum absolute atomic E-state index is 0.0667. The molecule has 0 unspecified atom stereocenters. The van der Waals surface area contributed by atoms with Crippen LogP contribution in [-0.2, 0) is 9.59 Å². The number of para-hydroxylation sites is 1. The number of carbonyl (C=O) groups is 2. The van der Waals surface area contributed by atoms with E-state index in [0.29, 0.717) is 5.75 Å². The first-order valence-corrected chi connectivity index (χ1v) is 4.91. The highest BCUT2D eigenvalue weighted by Gasteiger charge is 2.02. The molecule has 0 bridgehead atoms. The van der Waals surface area contributed by atoms with E-state index >= 15 is 0 Å². The van der Waals surface area contributed by atoms with Gasteiger partial charge in [0, 0.05) is 13.0 Å². The molecule has 0 radical (unpaired) electrons. The lowest BCUT2D eigenvalue weighted by Gasteiger charge is -2.06. The van der Waals surface area contributed by atoms with Crippen molar-refractivity contribution in [2.75, 3.05) is 13.2 Å². The molecule has 0 atom stereocenters. The number of benzene rings is 1. The summed E-state index contributed by atoms with van der Waals surface area (Å²) >= 11 is 0.